The number of imidazole rings is 1. The van der Waals surface area contributed by atoms with Crippen molar-refractivity contribution in [3.05, 3.63) is 59.4 Å². The lowest BCUT2D eigenvalue weighted by Crippen LogP contribution is -2.23. The fourth-order valence-corrected chi connectivity index (χ4v) is 3.91. The lowest BCUT2D eigenvalue weighted by atomic mass is 10.1. The summed E-state index contributed by atoms with van der Waals surface area (Å²) in [6.45, 7) is 8.62. The highest BCUT2D eigenvalue weighted by atomic mass is 16.5. The van der Waals surface area contributed by atoms with Gasteiger partial charge in [-0.05, 0) is 74.9 Å². The molecule has 0 aliphatic heterocycles. The van der Waals surface area contributed by atoms with Crippen LogP contribution in [0.25, 0.3) is 11.0 Å². The zero-order chi connectivity index (χ0) is 22.8. The summed E-state index contributed by atoms with van der Waals surface area (Å²) in [4.78, 5) is 16.4. The van der Waals surface area contributed by atoms with Gasteiger partial charge in [-0.2, -0.15) is 0 Å². The van der Waals surface area contributed by atoms with E-state index in [0.29, 0.717) is 13.0 Å². The quantitative estimate of drug-likeness (QED) is 0.348. The second kappa shape index (κ2) is 12.3. The molecule has 1 aromatic heterocycles. The van der Waals surface area contributed by atoms with Crippen LogP contribution in [-0.4, -0.2) is 28.6 Å². The Bertz CT molecular complexity index is 1010. The van der Waals surface area contributed by atoms with Crippen LogP contribution < -0.4 is 10.1 Å². The van der Waals surface area contributed by atoms with Crippen molar-refractivity contribution < 1.29 is 9.53 Å². The molecule has 1 heterocycles. The second-order valence-corrected chi connectivity index (χ2v) is 8.53. The van der Waals surface area contributed by atoms with E-state index in [0.717, 1.165) is 68.7 Å². The Morgan fingerprint density at radius 3 is 2.69 bits per heavy atom. The fraction of sp³-hybridized carbons (Fsp3) is 0.481. The van der Waals surface area contributed by atoms with Gasteiger partial charge in [0.1, 0.15) is 11.6 Å². The van der Waals surface area contributed by atoms with Gasteiger partial charge in [-0.3, -0.25) is 4.79 Å². The minimum absolute atomic E-state index is 0.164. The smallest absolute Gasteiger partial charge is 0.219 e. The summed E-state index contributed by atoms with van der Waals surface area (Å²) >= 11 is 0. The average molecular weight is 436 g/mol. The third-order valence-corrected chi connectivity index (χ3v) is 5.88. The maximum Gasteiger partial charge on any atom is 0.219 e. The third-order valence-electron chi connectivity index (χ3n) is 5.88. The Labute approximate surface area is 192 Å². The molecule has 5 heteroatoms. The van der Waals surface area contributed by atoms with E-state index >= 15 is 0 Å². The highest BCUT2D eigenvalue weighted by molar-refractivity contribution is 5.76. The standard InChI is InChI=1S/C27H37N3O2/c1-4-11-27(31)28-17-9-5-6-14-26-29-24-12-7-8-13-25(24)30(26)18-10-19-32-23-16-15-21(2)22(3)20-23/h7-8,12-13,15-16,20H,4-6,9-11,14,17-19H2,1-3H3,(H,28,31). The number of nitrogens with one attached hydrogen (secondary N) is 1. The molecule has 5 nitrogen and oxygen atoms in total. The van der Waals surface area contributed by atoms with Gasteiger partial charge in [-0.15, -0.1) is 0 Å². The summed E-state index contributed by atoms with van der Waals surface area (Å²) in [5.41, 5.74) is 4.80. The van der Waals surface area contributed by atoms with E-state index in [4.69, 9.17) is 9.72 Å². The number of carbonyl (C=O) groups excluding carboxylic acids is 1. The summed E-state index contributed by atoms with van der Waals surface area (Å²) in [6, 6.07) is 14.6. The minimum atomic E-state index is 0.164. The Hall–Kier alpha value is -2.82. The zero-order valence-electron chi connectivity index (χ0n) is 19.8. The fourth-order valence-electron chi connectivity index (χ4n) is 3.91. The van der Waals surface area contributed by atoms with Crippen molar-refractivity contribution in [3.8, 4) is 5.75 Å². The number of ether oxygens (including phenoxy) is 1. The van der Waals surface area contributed by atoms with Crippen molar-refractivity contribution in [3.63, 3.8) is 0 Å². The molecular weight excluding hydrogens is 398 g/mol. The van der Waals surface area contributed by atoms with Crippen LogP contribution in [0.3, 0.4) is 0 Å². The molecule has 0 atom stereocenters. The molecule has 0 fully saturated rings. The first kappa shape index (κ1) is 23.8. The molecule has 3 rings (SSSR count). The van der Waals surface area contributed by atoms with Crippen molar-refractivity contribution in [1.82, 2.24) is 14.9 Å². The third kappa shape index (κ3) is 6.84. The van der Waals surface area contributed by atoms with E-state index in [1.54, 1.807) is 0 Å². The number of nitrogens with zero attached hydrogens (tertiary/aromatic N) is 2. The number of para-hydroxylation sites is 2. The van der Waals surface area contributed by atoms with E-state index in [-0.39, 0.29) is 5.91 Å². The van der Waals surface area contributed by atoms with Crippen molar-refractivity contribution in [2.75, 3.05) is 13.2 Å². The highest BCUT2D eigenvalue weighted by Gasteiger charge is 2.10. The van der Waals surface area contributed by atoms with Crippen LogP contribution in [0.5, 0.6) is 5.75 Å². The molecule has 0 aliphatic carbocycles. The topological polar surface area (TPSA) is 56.2 Å². The maximum atomic E-state index is 11.6. The minimum Gasteiger partial charge on any atom is -0.494 e. The highest BCUT2D eigenvalue weighted by Crippen LogP contribution is 2.20. The number of aromatic nitrogens is 2. The molecule has 3 aromatic rings. The van der Waals surface area contributed by atoms with Crippen LogP contribution in [0.2, 0.25) is 0 Å². The van der Waals surface area contributed by atoms with Crippen LogP contribution in [0.15, 0.2) is 42.5 Å². The first-order chi connectivity index (χ1) is 15.6. The summed E-state index contributed by atoms with van der Waals surface area (Å²) < 4.78 is 8.34. The lowest BCUT2D eigenvalue weighted by molar-refractivity contribution is -0.121. The lowest BCUT2D eigenvalue weighted by Gasteiger charge is -2.11. The van der Waals surface area contributed by atoms with Crippen molar-refractivity contribution in [1.29, 1.82) is 0 Å². The molecule has 1 amide bonds. The SMILES string of the molecule is CCCC(=O)NCCCCCc1nc2ccccc2n1CCCOc1ccc(C)c(C)c1. The number of unbranched alkanes of at least 4 members (excludes halogenated alkanes) is 2. The average Bonchev–Trinajstić information content (AvgIpc) is 3.13. The molecule has 0 saturated heterocycles. The predicted octanol–water partition coefficient (Wildman–Crippen LogP) is 5.75. The van der Waals surface area contributed by atoms with Gasteiger partial charge in [0.2, 0.25) is 5.91 Å². The van der Waals surface area contributed by atoms with Gasteiger partial charge in [0.05, 0.1) is 17.6 Å². The van der Waals surface area contributed by atoms with Gasteiger partial charge in [-0.25, -0.2) is 4.98 Å². The van der Waals surface area contributed by atoms with Gasteiger partial charge in [0, 0.05) is 25.9 Å². The van der Waals surface area contributed by atoms with Crippen molar-refractivity contribution in [2.24, 2.45) is 0 Å². The summed E-state index contributed by atoms with van der Waals surface area (Å²) in [7, 11) is 0. The number of fused-ring (bicyclic) bond motifs is 1. The first-order valence-corrected chi connectivity index (χ1v) is 12.0. The molecule has 0 unspecified atom stereocenters. The number of aryl methyl sites for hydroxylation is 4. The number of benzene rings is 2. The molecule has 0 aliphatic rings. The first-order valence-electron chi connectivity index (χ1n) is 12.0. The molecule has 0 radical (unpaired) electrons. The van der Waals surface area contributed by atoms with E-state index in [9.17, 15) is 4.79 Å². The van der Waals surface area contributed by atoms with E-state index in [2.05, 4.69) is 54.1 Å². The van der Waals surface area contributed by atoms with E-state index in [1.165, 1.54) is 16.6 Å². The van der Waals surface area contributed by atoms with Crippen molar-refractivity contribution in [2.45, 2.75) is 72.3 Å². The molecule has 0 bridgehead atoms. The molecule has 32 heavy (non-hydrogen) atoms. The predicted molar refractivity (Wildman–Crippen MR) is 131 cm³/mol. The Balaban J connectivity index is 1.50. The molecule has 0 saturated carbocycles. The molecule has 172 valence electrons. The molecule has 1 N–H and O–H groups in total. The Kier molecular flexibility index (Phi) is 9.14. The Morgan fingerprint density at radius 1 is 1.03 bits per heavy atom. The molecule has 0 spiro atoms. The van der Waals surface area contributed by atoms with Gasteiger partial charge in [0.25, 0.3) is 0 Å². The normalized spacial score (nSPS) is 11.1. The summed E-state index contributed by atoms with van der Waals surface area (Å²) in [5.74, 6) is 2.25. The van der Waals surface area contributed by atoms with Crippen LogP contribution in [-0.2, 0) is 17.8 Å². The van der Waals surface area contributed by atoms with Crippen LogP contribution in [0.4, 0.5) is 0 Å². The van der Waals surface area contributed by atoms with Crippen molar-refractivity contribution >= 4 is 16.9 Å². The second-order valence-electron chi connectivity index (χ2n) is 8.53. The van der Waals surface area contributed by atoms with Gasteiger partial charge >= 0.3 is 0 Å². The zero-order valence-corrected chi connectivity index (χ0v) is 19.8. The number of hydrogen-bond donors (Lipinski definition) is 1. The molecular formula is C27H37N3O2. The van der Waals surface area contributed by atoms with Crippen LogP contribution in [0, 0.1) is 13.8 Å². The summed E-state index contributed by atoms with van der Waals surface area (Å²) in [6.07, 6.45) is 6.59. The number of rotatable bonds is 13. The van der Waals surface area contributed by atoms with Crippen LogP contribution >= 0.6 is 0 Å². The number of carbonyl (C=O) groups is 1. The number of amides is 1. The van der Waals surface area contributed by atoms with Gasteiger partial charge in [0.15, 0.2) is 0 Å². The molecule has 2 aromatic carbocycles. The van der Waals surface area contributed by atoms with Crippen LogP contribution in [0.1, 0.15) is 62.4 Å². The van der Waals surface area contributed by atoms with Gasteiger partial charge < -0.3 is 14.6 Å². The Morgan fingerprint density at radius 2 is 1.88 bits per heavy atom. The largest absolute Gasteiger partial charge is 0.494 e. The monoisotopic (exact) mass is 435 g/mol. The number of hydrogen-bond acceptors (Lipinski definition) is 3. The maximum absolute atomic E-state index is 11.6. The van der Waals surface area contributed by atoms with E-state index in [1.807, 2.05) is 19.1 Å². The van der Waals surface area contributed by atoms with Gasteiger partial charge in [-0.1, -0.05) is 31.5 Å². The summed E-state index contributed by atoms with van der Waals surface area (Å²) in [5, 5.41) is 3.00. The van der Waals surface area contributed by atoms with E-state index < -0.39 is 0 Å².